The predicted octanol–water partition coefficient (Wildman–Crippen LogP) is 6.45. The average molecular weight is 446 g/mol. The molecule has 0 saturated heterocycles. The van der Waals surface area contributed by atoms with Gasteiger partial charge in [0, 0.05) is 18.0 Å². The van der Waals surface area contributed by atoms with Crippen LogP contribution < -0.4 is 9.64 Å². The first-order valence-corrected chi connectivity index (χ1v) is 11.6. The minimum Gasteiger partial charge on any atom is -0.491 e. The normalized spacial score (nSPS) is 11.3. The number of thiazole rings is 1. The molecule has 2 heterocycles. The Kier molecular flexibility index (Phi) is 6.51. The highest BCUT2D eigenvalue weighted by Crippen LogP contribution is 2.34. The van der Waals surface area contributed by atoms with Gasteiger partial charge in [-0.05, 0) is 67.3 Å². The fraction of sp³-hybridized carbons (Fsp3) is 0.269. The SMILES string of the molecule is CC(C)Oc1ccc(C(=O)N(Cc2cccnc2)c2nc3c(C(C)C)cccc3s2)cc1. The third-order valence-electron chi connectivity index (χ3n) is 5.07. The van der Waals surface area contributed by atoms with Gasteiger partial charge in [-0.1, -0.05) is 43.4 Å². The number of nitrogens with zero attached hydrogens (tertiary/aromatic N) is 3. The lowest BCUT2D eigenvalue weighted by Gasteiger charge is -2.20. The first-order valence-electron chi connectivity index (χ1n) is 10.8. The standard InChI is InChI=1S/C26H27N3O2S/c1-17(2)22-8-5-9-23-24(22)28-26(32-23)29(16-19-7-6-14-27-15-19)25(30)20-10-12-21(13-11-20)31-18(3)4/h5-15,17-18H,16H2,1-4H3. The lowest BCUT2D eigenvalue weighted by atomic mass is 10.0. The van der Waals surface area contributed by atoms with Crippen LogP contribution in [0.5, 0.6) is 5.75 Å². The summed E-state index contributed by atoms with van der Waals surface area (Å²) in [6, 6.07) is 17.4. The van der Waals surface area contributed by atoms with Crippen LogP contribution in [-0.2, 0) is 6.54 Å². The fourth-order valence-electron chi connectivity index (χ4n) is 3.54. The maximum absolute atomic E-state index is 13.6. The third kappa shape index (κ3) is 4.81. The molecule has 1 amide bonds. The highest BCUT2D eigenvalue weighted by molar-refractivity contribution is 7.22. The van der Waals surface area contributed by atoms with E-state index < -0.39 is 0 Å². The number of carbonyl (C=O) groups is 1. The summed E-state index contributed by atoms with van der Waals surface area (Å²) >= 11 is 1.54. The molecule has 0 bridgehead atoms. The Balaban J connectivity index is 1.73. The summed E-state index contributed by atoms with van der Waals surface area (Å²) in [5.41, 5.74) is 3.69. The maximum Gasteiger partial charge on any atom is 0.260 e. The van der Waals surface area contributed by atoms with Gasteiger partial charge < -0.3 is 4.74 Å². The first kappa shape index (κ1) is 22.0. The van der Waals surface area contributed by atoms with E-state index in [0.29, 0.717) is 23.2 Å². The van der Waals surface area contributed by atoms with Gasteiger partial charge in [0.05, 0.1) is 22.9 Å². The molecule has 0 N–H and O–H groups in total. The number of aromatic nitrogens is 2. The lowest BCUT2D eigenvalue weighted by Crippen LogP contribution is -2.30. The van der Waals surface area contributed by atoms with Gasteiger partial charge in [-0.3, -0.25) is 14.7 Å². The molecule has 6 heteroatoms. The summed E-state index contributed by atoms with van der Waals surface area (Å²) in [4.78, 5) is 24.5. The van der Waals surface area contributed by atoms with Crippen molar-refractivity contribution >= 4 is 32.6 Å². The zero-order valence-corrected chi connectivity index (χ0v) is 19.6. The smallest absolute Gasteiger partial charge is 0.260 e. The molecule has 4 rings (SSSR count). The van der Waals surface area contributed by atoms with E-state index in [9.17, 15) is 4.79 Å². The summed E-state index contributed by atoms with van der Waals surface area (Å²) in [6.45, 7) is 8.68. The Morgan fingerprint density at radius 3 is 2.47 bits per heavy atom. The second-order valence-electron chi connectivity index (χ2n) is 8.29. The Hall–Kier alpha value is -3.25. The van der Waals surface area contributed by atoms with Crippen molar-refractivity contribution in [2.75, 3.05) is 4.90 Å². The van der Waals surface area contributed by atoms with Gasteiger partial charge in [0.25, 0.3) is 5.91 Å². The number of hydrogen-bond acceptors (Lipinski definition) is 5. The van der Waals surface area contributed by atoms with Crippen molar-refractivity contribution < 1.29 is 9.53 Å². The number of fused-ring (bicyclic) bond motifs is 1. The second-order valence-corrected chi connectivity index (χ2v) is 9.30. The molecule has 164 valence electrons. The molecule has 4 aromatic rings. The minimum absolute atomic E-state index is 0.0801. The van der Waals surface area contributed by atoms with E-state index in [0.717, 1.165) is 21.5 Å². The largest absolute Gasteiger partial charge is 0.491 e. The van der Waals surface area contributed by atoms with Crippen molar-refractivity contribution in [3.63, 3.8) is 0 Å². The lowest BCUT2D eigenvalue weighted by molar-refractivity contribution is 0.0985. The molecule has 0 atom stereocenters. The van der Waals surface area contributed by atoms with Gasteiger partial charge in [0.15, 0.2) is 5.13 Å². The van der Waals surface area contributed by atoms with Gasteiger partial charge in [0.1, 0.15) is 5.75 Å². The van der Waals surface area contributed by atoms with Crippen LogP contribution in [0.4, 0.5) is 5.13 Å². The van der Waals surface area contributed by atoms with Crippen LogP contribution >= 0.6 is 11.3 Å². The van der Waals surface area contributed by atoms with Crippen LogP contribution in [-0.4, -0.2) is 22.0 Å². The number of para-hydroxylation sites is 1. The Morgan fingerprint density at radius 1 is 1.03 bits per heavy atom. The molecule has 0 fully saturated rings. The quantitative estimate of drug-likeness (QED) is 0.328. The van der Waals surface area contributed by atoms with E-state index in [4.69, 9.17) is 9.72 Å². The molecule has 32 heavy (non-hydrogen) atoms. The van der Waals surface area contributed by atoms with Crippen molar-refractivity contribution in [2.45, 2.75) is 46.3 Å². The number of anilines is 1. The Morgan fingerprint density at radius 2 is 1.81 bits per heavy atom. The molecular weight excluding hydrogens is 418 g/mol. The zero-order chi connectivity index (χ0) is 22.7. The van der Waals surface area contributed by atoms with E-state index in [1.54, 1.807) is 17.3 Å². The molecule has 2 aromatic heterocycles. The van der Waals surface area contributed by atoms with Gasteiger partial charge in [-0.25, -0.2) is 4.98 Å². The van der Waals surface area contributed by atoms with Crippen LogP contribution in [0.1, 0.15) is 55.1 Å². The van der Waals surface area contributed by atoms with Crippen LogP contribution in [0, 0.1) is 0 Å². The van der Waals surface area contributed by atoms with Gasteiger partial charge >= 0.3 is 0 Å². The second kappa shape index (κ2) is 9.49. The van der Waals surface area contributed by atoms with Crippen molar-refractivity contribution in [1.82, 2.24) is 9.97 Å². The summed E-state index contributed by atoms with van der Waals surface area (Å²) < 4.78 is 6.80. The number of rotatable bonds is 7. The Labute approximate surface area is 192 Å². The van der Waals surface area contributed by atoms with E-state index in [1.165, 1.54) is 16.9 Å². The van der Waals surface area contributed by atoms with Crippen molar-refractivity contribution in [2.24, 2.45) is 0 Å². The molecule has 5 nitrogen and oxygen atoms in total. The minimum atomic E-state index is -0.102. The monoisotopic (exact) mass is 445 g/mol. The van der Waals surface area contributed by atoms with Crippen molar-refractivity contribution in [3.8, 4) is 5.75 Å². The van der Waals surface area contributed by atoms with E-state index >= 15 is 0 Å². The number of ether oxygens (including phenoxy) is 1. The fourth-order valence-corrected chi connectivity index (χ4v) is 4.54. The molecule has 0 aliphatic rings. The number of pyridine rings is 1. The molecule has 0 spiro atoms. The number of amides is 1. The van der Waals surface area contributed by atoms with Crippen LogP contribution in [0.25, 0.3) is 10.2 Å². The molecule has 0 unspecified atom stereocenters. The molecule has 0 aliphatic carbocycles. The van der Waals surface area contributed by atoms with Gasteiger partial charge in [-0.15, -0.1) is 0 Å². The van der Waals surface area contributed by atoms with Gasteiger partial charge in [-0.2, -0.15) is 0 Å². The number of carbonyl (C=O) groups excluding carboxylic acids is 1. The van der Waals surface area contributed by atoms with E-state index in [2.05, 4.69) is 37.0 Å². The maximum atomic E-state index is 13.6. The van der Waals surface area contributed by atoms with Crippen LogP contribution in [0.3, 0.4) is 0 Å². The average Bonchev–Trinajstić information content (AvgIpc) is 3.21. The summed E-state index contributed by atoms with van der Waals surface area (Å²) in [5.74, 6) is 0.997. The third-order valence-corrected chi connectivity index (χ3v) is 6.12. The molecule has 2 aromatic carbocycles. The Bertz CT molecular complexity index is 1200. The summed E-state index contributed by atoms with van der Waals surface area (Å²) in [7, 11) is 0. The molecule has 0 aliphatic heterocycles. The van der Waals surface area contributed by atoms with Gasteiger partial charge in [0.2, 0.25) is 0 Å². The van der Waals surface area contributed by atoms with Crippen LogP contribution in [0.2, 0.25) is 0 Å². The predicted molar refractivity (Wildman–Crippen MR) is 131 cm³/mol. The molecule has 0 radical (unpaired) electrons. The summed E-state index contributed by atoms with van der Waals surface area (Å²) in [5, 5.41) is 0.685. The van der Waals surface area contributed by atoms with E-state index in [1.807, 2.05) is 50.2 Å². The van der Waals surface area contributed by atoms with Crippen molar-refractivity contribution in [3.05, 3.63) is 83.7 Å². The zero-order valence-electron chi connectivity index (χ0n) is 18.8. The topological polar surface area (TPSA) is 55.3 Å². The van der Waals surface area contributed by atoms with Crippen LogP contribution in [0.15, 0.2) is 67.0 Å². The van der Waals surface area contributed by atoms with Crippen molar-refractivity contribution in [1.29, 1.82) is 0 Å². The highest BCUT2D eigenvalue weighted by Gasteiger charge is 2.23. The number of hydrogen-bond donors (Lipinski definition) is 0. The molecule has 0 saturated carbocycles. The molecular formula is C26H27N3O2S. The number of benzene rings is 2. The highest BCUT2D eigenvalue weighted by atomic mass is 32.1. The van der Waals surface area contributed by atoms with E-state index in [-0.39, 0.29) is 12.0 Å². The first-order chi connectivity index (χ1) is 15.4. The summed E-state index contributed by atoms with van der Waals surface area (Å²) in [6.07, 6.45) is 3.60.